The van der Waals surface area contributed by atoms with Crippen molar-refractivity contribution in [3.63, 3.8) is 0 Å². The van der Waals surface area contributed by atoms with Crippen molar-refractivity contribution in [3.8, 4) is 0 Å². The largest absolute Gasteiger partial charge is 0.368 e. The average Bonchev–Trinajstić information content (AvgIpc) is 3.29. The molecule has 3 N–H and O–H groups in total. The summed E-state index contributed by atoms with van der Waals surface area (Å²) in [6, 6.07) is 8.42. The van der Waals surface area contributed by atoms with Crippen LogP contribution in [0.5, 0.6) is 0 Å². The van der Waals surface area contributed by atoms with Crippen LogP contribution in [0.3, 0.4) is 0 Å². The molecule has 1 atom stereocenters. The van der Waals surface area contributed by atoms with Gasteiger partial charge in [0.25, 0.3) is 0 Å². The monoisotopic (exact) mass is 306 g/mol. The normalized spacial score (nSPS) is 17.4. The molecule has 0 spiro atoms. The van der Waals surface area contributed by atoms with Crippen molar-refractivity contribution in [3.05, 3.63) is 35.4 Å². The quantitative estimate of drug-likeness (QED) is 0.737. The Bertz CT molecular complexity index is 487. The molecule has 1 saturated carbocycles. The second-order valence-corrected chi connectivity index (χ2v) is 6.94. The summed E-state index contributed by atoms with van der Waals surface area (Å²) >= 11 is 1.81. The first-order chi connectivity index (χ1) is 10.1. The minimum Gasteiger partial charge on any atom is -0.368 e. The minimum absolute atomic E-state index is 0.185. The van der Waals surface area contributed by atoms with Crippen LogP contribution in [-0.4, -0.2) is 23.7 Å². The molecular formula is C17H26N2OS. The second-order valence-electron chi connectivity index (χ2n) is 5.96. The maximum absolute atomic E-state index is 12.1. The minimum atomic E-state index is -0.511. The highest BCUT2D eigenvalue weighted by molar-refractivity contribution is 7.98. The Balaban J connectivity index is 1.99. The fourth-order valence-electron chi connectivity index (χ4n) is 2.69. The predicted octanol–water partition coefficient (Wildman–Crippen LogP) is 2.86. The zero-order chi connectivity index (χ0) is 15.3. The molecule has 0 aromatic heterocycles. The van der Waals surface area contributed by atoms with E-state index in [0.717, 1.165) is 37.3 Å². The first-order valence-electron chi connectivity index (χ1n) is 7.77. The fraction of sp³-hybridized carbons (Fsp3) is 0.588. The number of amides is 1. The SMILES string of the molecule is CCCNC(CSCc1ccccc1C)(C(N)=O)C1CC1. The molecule has 0 bridgehead atoms. The third-order valence-corrected chi connectivity index (χ3v) is 5.43. The van der Waals surface area contributed by atoms with Gasteiger partial charge in [0.1, 0.15) is 5.54 Å². The number of hydrogen-bond acceptors (Lipinski definition) is 3. The van der Waals surface area contributed by atoms with Gasteiger partial charge in [-0.3, -0.25) is 4.79 Å². The summed E-state index contributed by atoms with van der Waals surface area (Å²) in [7, 11) is 0. The topological polar surface area (TPSA) is 55.1 Å². The summed E-state index contributed by atoms with van der Waals surface area (Å²) in [5.74, 6) is 1.94. The fourth-order valence-corrected chi connectivity index (χ4v) is 4.14. The summed E-state index contributed by atoms with van der Waals surface area (Å²) in [6.07, 6.45) is 3.25. The van der Waals surface area contributed by atoms with Crippen LogP contribution in [0.4, 0.5) is 0 Å². The lowest BCUT2D eigenvalue weighted by Crippen LogP contribution is -2.59. The van der Waals surface area contributed by atoms with E-state index in [1.165, 1.54) is 11.1 Å². The predicted molar refractivity (Wildman–Crippen MR) is 90.3 cm³/mol. The van der Waals surface area contributed by atoms with Crippen molar-refractivity contribution in [2.75, 3.05) is 12.3 Å². The molecule has 1 aliphatic carbocycles. The van der Waals surface area contributed by atoms with Gasteiger partial charge >= 0.3 is 0 Å². The standard InChI is InChI=1S/C17H26N2OS/c1-3-10-19-17(16(18)20,15-8-9-15)12-21-11-14-7-5-4-6-13(14)2/h4-7,15,19H,3,8-12H2,1-2H3,(H2,18,20). The van der Waals surface area contributed by atoms with Crippen LogP contribution in [0.1, 0.15) is 37.3 Å². The molecule has 0 radical (unpaired) electrons. The van der Waals surface area contributed by atoms with Gasteiger partial charge < -0.3 is 11.1 Å². The highest BCUT2D eigenvalue weighted by Crippen LogP contribution is 2.41. The lowest BCUT2D eigenvalue weighted by molar-refractivity contribution is -0.124. The van der Waals surface area contributed by atoms with Crippen LogP contribution in [-0.2, 0) is 10.5 Å². The van der Waals surface area contributed by atoms with Gasteiger partial charge in [0, 0.05) is 11.5 Å². The number of nitrogens with one attached hydrogen (secondary N) is 1. The number of thioether (sulfide) groups is 1. The molecule has 1 aromatic rings. The van der Waals surface area contributed by atoms with Gasteiger partial charge in [0.2, 0.25) is 5.91 Å². The first kappa shape index (κ1) is 16.4. The van der Waals surface area contributed by atoms with Gasteiger partial charge in [-0.25, -0.2) is 0 Å². The van der Waals surface area contributed by atoms with Crippen molar-refractivity contribution in [1.82, 2.24) is 5.32 Å². The highest BCUT2D eigenvalue weighted by Gasteiger charge is 2.49. The third-order valence-electron chi connectivity index (χ3n) is 4.25. The van der Waals surface area contributed by atoms with Gasteiger partial charge in [0.05, 0.1) is 0 Å². The molecule has 21 heavy (non-hydrogen) atoms. The van der Waals surface area contributed by atoms with Gasteiger partial charge in [0.15, 0.2) is 0 Å². The van der Waals surface area contributed by atoms with Crippen molar-refractivity contribution in [2.45, 2.75) is 44.4 Å². The summed E-state index contributed by atoms with van der Waals surface area (Å²) < 4.78 is 0. The van der Waals surface area contributed by atoms with E-state index in [1.807, 2.05) is 11.8 Å². The van der Waals surface area contributed by atoms with E-state index in [2.05, 4.69) is 43.4 Å². The van der Waals surface area contributed by atoms with Gasteiger partial charge in [-0.05, 0) is 49.8 Å². The van der Waals surface area contributed by atoms with Crippen molar-refractivity contribution >= 4 is 17.7 Å². The molecule has 1 aliphatic rings. The summed E-state index contributed by atoms with van der Waals surface area (Å²) in [5, 5.41) is 3.45. The molecule has 1 amide bonds. The number of aryl methyl sites for hydroxylation is 1. The summed E-state index contributed by atoms with van der Waals surface area (Å²) in [4.78, 5) is 12.1. The Kier molecular flexibility index (Phi) is 5.71. The van der Waals surface area contributed by atoms with Crippen LogP contribution in [0.2, 0.25) is 0 Å². The number of primary amides is 1. The Hall–Kier alpha value is -1.00. The van der Waals surface area contributed by atoms with E-state index >= 15 is 0 Å². The van der Waals surface area contributed by atoms with Crippen molar-refractivity contribution < 1.29 is 4.79 Å². The zero-order valence-corrected chi connectivity index (χ0v) is 13.8. The Morgan fingerprint density at radius 3 is 2.71 bits per heavy atom. The lowest BCUT2D eigenvalue weighted by Gasteiger charge is -2.32. The summed E-state index contributed by atoms with van der Waals surface area (Å²) in [5.41, 5.74) is 7.89. The number of rotatable bonds is 9. The van der Waals surface area contributed by atoms with Crippen molar-refractivity contribution in [2.24, 2.45) is 11.7 Å². The molecule has 0 heterocycles. The molecule has 1 fully saturated rings. The van der Waals surface area contributed by atoms with Crippen LogP contribution in [0.15, 0.2) is 24.3 Å². The first-order valence-corrected chi connectivity index (χ1v) is 8.93. The van der Waals surface area contributed by atoms with E-state index in [0.29, 0.717) is 5.92 Å². The molecule has 1 unspecified atom stereocenters. The number of nitrogens with two attached hydrogens (primary N) is 1. The van der Waals surface area contributed by atoms with E-state index < -0.39 is 5.54 Å². The number of carbonyl (C=O) groups is 1. The Morgan fingerprint density at radius 2 is 2.14 bits per heavy atom. The zero-order valence-electron chi connectivity index (χ0n) is 13.0. The molecule has 4 heteroatoms. The molecule has 116 valence electrons. The van der Waals surface area contributed by atoms with Crippen molar-refractivity contribution in [1.29, 1.82) is 0 Å². The maximum atomic E-state index is 12.1. The van der Waals surface area contributed by atoms with Crippen LogP contribution >= 0.6 is 11.8 Å². The second kappa shape index (κ2) is 7.32. The maximum Gasteiger partial charge on any atom is 0.238 e. The molecule has 0 aliphatic heterocycles. The molecule has 3 nitrogen and oxygen atoms in total. The van der Waals surface area contributed by atoms with Crippen LogP contribution in [0.25, 0.3) is 0 Å². The number of benzene rings is 1. The van der Waals surface area contributed by atoms with Gasteiger partial charge in [-0.15, -0.1) is 0 Å². The molecular weight excluding hydrogens is 280 g/mol. The molecule has 2 rings (SSSR count). The van der Waals surface area contributed by atoms with Crippen LogP contribution < -0.4 is 11.1 Å². The highest BCUT2D eigenvalue weighted by atomic mass is 32.2. The molecule has 1 aromatic carbocycles. The lowest BCUT2D eigenvalue weighted by atomic mass is 9.94. The van der Waals surface area contributed by atoms with E-state index in [1.54, 1.807) is 0 Å². The summed E-state index contributed by atoms with van der Waals surface area (Å²) in [6.45, 7) is 5.10. The van der Waals surface area contributed by atoms with E-state index in [-0.39, 0.29) is 5.91 Å². The number of carbonyl (C=O) groups excluding carboxylic acids is 1. The van der Waals surface area contributed by atoms with E-state index in [4.69, 9.17) is 5.73 Å². The van der Waals surface area contributed by atoms with E-state index in [9.17, 15) is 4.79 Å². The van der Waals surface area contributed by atoms with Gasteiger partial charge in [-0.1, -0.05) is 31.2 Å². The third kappa shape index (κ3) is 4.01. The Labute approximate surface area is 132 Å². The number of hydrogen-bond donors (Lipinski definition) is 2. The smallest absolute Gasteiger partial charge is 0.238 e. The Morgan fingerprint density at radius 1 is 1.43 bits per heavy atom. The van der Waals surface area contributed by atoms with Crippen LogP contribution in [0, 0.1) is 12.8 Å². The van der Waals surface area contributed by atoms with Gasteiger partial charge in [-0.2, -0.15) is 11.8 Å². The average molecular weight is 306 g/mol. The molecule has 0 saturated heterocycles.